The lowest BCUT2D eigenvalue weighted by atomic mass is 9.98. The van der Waals surface area contributed by atoms with Crippen LogP contribution in [-0.2, 0) is 4.74 Å². The second kappa shape index (κ2) is 9.66. The number of hydrogen-bond donors (Lipinski definition) is 2. The molecule has 28 heavy (non-hydrogen) atoms. The summed E-state index contributed by atoms with van der Waals surface area (Å²) in [6, 6.07) is 13.5. The standard InChI is InChI=1S/C21H21ClN2O3S/c22-18-9-5-4-8-17(18)19(25)24-21(28)23-15-12-10-14(11-13-15)20(26)27-16-6-2-1-3-7-16/h4-5,8-13,16H,1-3,6-7H2,(H2,23,24,25,28). The third-order valence-corrected chi connectivity index (χ3v) is 5.08. The van der Waals surface area contributed by atoms with Gasteiger partial charge in [0, 0.05) is 5.69 Å². The summed E-state index contributed by atoms with van der Waals surface area (Å²) in [5.41, 5.74) is 1.48. The van der Waals surface area contributed by atoms with Gasteiger partial charge in [-0.05, 0) is 74.3 Å². The number of hydrogen-bond acceptors (Lipinski definition) is 4. The van der Waals surface area contributed by atoms with E-state index in [4.69, 9.17) is 28.6 Å². The molecule has 2 aromatic rings. The minimum absolute atomic E-state index is 0.0200. The monoisotopic (exact) mass is 416 g/mol. The van der Waals surface area contributed by atoms with Crippen molar-refractivity contribution < 1.29 is 14.3 Å². The molecule has 1 aliphatic rings. The van der Waals surface area contributed by atoms with E-state index in [0.717, 1.165) is 25.7 Å². The van der Waals surface area contributed by atoms with Crippen LogP contribution in [0.4, 0.5) is 5.69 Å². The van der Waals surface area contributed by atoms with Gasteiger partial charge in [0.2, 0.25) is 0 Å². The lowest BCUT2D eigenvalue weighted by Crippen LogP contribution is -2.34. The van der Waals surface area contributed by atoms with Gasteiger partial charge in [0.25, 0.3) is 5.91 Å². The van der Waals surface area contributed by atoms with Crippen molar-refractivity contribution >= 4 is 46.5 Å². The van der Waals surface area contributed by atoms with E-state index < -0.39 is 5.91 Å². The van der Waals surface area contributed by atoms with Gasteiger partial charge in [-0.2, -0.15) is 0 Å². The summed E-state index contributed by atoms with van der Waals surface area (Å²) in [4.78, 5) is 24.5. The number of thiocarbonyl (C=S) groups is 1. The van der Waals surface area contributed by atoms with Gasteiger partial charge in [0.05, 0.1) is 16.1 Å². The largest absolute Gasteiger partial charge is 0.459 e. The van der Waals surface area contributed by atoms with Gasteiger partial charge in [0.1, 0.15) is 6.10 Å². The number of ether oxygens (including phenoxy) is 1. The predicted octanol–water partition coefficient (Wildman–Crippen LogP) is 4.96. The van der Waals surface area contributed by atoms with E-state index in [2.05, 4.69) is 10.6 Å². The topological polar surface area (TPSA) is 67.4 Å². The molecule has 0 atom stereocenters. The van der Waals surface area contributed by atoms with Crippen molar-refractivity contribution in [2.45, 2.75) is 38.2 Å². The minimum atomic E-state index is -0.393. The van der Waals surface area contributed by atoms with Crippen molar-refractivity contribution in [3.63, 3.8) is 0 Å². The highest BCUT2D eigenvalue weighted by Gasteiger charge is 2.18. The van der Waals surface area contributed by atoms with E-state index in [1.165, 1.54) is 6.42 Å². The van der Waals surface area contributed by atoms with Crippen LogP contribution in [0.15, 0.2) is 48.5 Å². The molecule has 0 saturated heterocycles. The summed E-state index contributed by atoms with van der Waals surface area (Å²) in [6.07, 6.45) is 5.32. The number of halogens is 1. The van der Waals surface area contributed by atoms with Gasteiger partial charge in [-0.3, -0.25) is 10.1 Å². The molecule has 1 fully saturated rings. The molecule has 3 rings (SSSR count). The van der Waals surface area contributed by atoms with Gasteiger partial charge >= 0.3 is 5.97 Å². The van der Waals surface area contributed by atoms with Crippen molar-refractivity contribution in [1.29, 1.82) is 0 Å². The van der Waals surface area contributed by atoms with Crippen LogP contribution in [0.1, 0.15) is 52.8 Å². The molecule has 0 bridgehead atoms. The average Bonchev–Trinajstić information content (AvgIpc) is 2.69. The first-order chi connectivity index (χ1) is 13.5. The Hall–Kier alpha value is -2.44. The fraction of sp³-hybridized carbons (Fsp3) is 0.286. The summed E-state index contributed by atoms with van der Waals surface area (Å²) in [6.45, 7) is 0. The molecule has 5 nitrogen and oxygen atoms in total. The molecule has 146 valence electrons. The maximum absolute atomic E-state index is 12.2. The van der Waals surface area contributed by atoms with Gasteiger partial charge in [0.15, 0.2) is 5.11 Å². The van der Waals surface area contributed by atoms with Crippen LogP contribution in [0.5, 0.6) is 0 Å². The average molecular weight is 417 g/mol. The van der Waals surface area contributed by atoms with E-state index in [1.807, 2.05) is 0 Å². The summed E-state index contributed by atoms with van der Waals surface area (Å²) in [7, 11) is 0. The summed E-state index contributed by atoms with van der Waals surface area (Å²) < 4.78 is 5.56. The Morgan fingerprint density at radius 1 is 1.00 bits per heavy atom. The second-order valence-corrected chi connectivity index (χ2v) is 7.45. The third kappa shape index (κ3) is 5.53. The molecular weight excluding hydrogens is 396 g/mol. The van der Waals surface area contributed by atoms with E-state index in [1.54, 1.807) is 48.5 Å². The van der Waals surface area contributed by atoms with Crippen LogP contribution < -0.4 is 10.6 Å². The van der Waals surface area contributed by atoms with Crippen LogP contribution in [0.2, 0.25) is 5.02 Å². The first-order valence-electron chi connectivity index (χ1n) is 9.21. The second-order valence-electron chi connectivity index (χ2n) is 6.63. The SMILES string of the molecule is O=C(OC1CCCCC1)c1ccc(NC(=S)NC(=O)c2ccccc2Cl)cc1. The smallest absolute Gasteiger partial charge is 0.338 e. The number of rotatable bonds is 4. The number of carbonyl (C=O) groups excluding carboxylic acids is 2. The van der Waals surface area contributed by atoms with Crippen molar-refractivity contribution in [1.82, 2.24) is 5.32 Å². The van der Waals surface area contributed by atoms with Crippen LogP contribution in [0.3, 0.4) is 0 Å². The van der Waals surface area contributed by atoms with Crippen molar-refractivity contribution in [3.05, 3.63) is 64.7 Å². The molecular formula is C21H21ClN2O3S. The zero-order valence-electron chi connectivity index (χ0n) is 15.2. The molecule has 2 aromatic carbocycles. The normalized spacial score (nSPS) is 14.2. The predicted molar refractivity (Wildman–Crippen MR) is 114 cm³/mol. The molecule has 2 N–H and O–H groups in total. The lowest BCUT2D eigenvalue weighted by molar-refractivity contribution is 0.0211. The molecule has 0 heterocycles. The number of amides is 1. The van der Waals surface area contributed by atoms with Crippen LogP contribution in [0.25, 0.3) is 0 Å². The molecule has 0 aliphatic heterocycles. The highest BCUT2D eigenvalue weighted by molar-refractivity contribution is 7.80. The Bertz CT molecular complexity index is 864. The number of benzene rings is 2. The van der Waals surface area contributed by atoms with E-state index in [-0.39, 0.29) is 17.2 Å². The van der Waals surface area contributed by atoms with Gasteiger partial charge in [-0.15, -0.1) is 0 Å². The fourth-order valence-corrected chi connectivity index (χ4v) is 3.50. The van der Waals surface area contributed by atoms with E-state index in [9.17, 15) is 9.59 Å². The van der Waals surface area contributed by atoms with Gasteiger partial charge in [-0.25, -0.2) is 4.79 Å². The quantitative estimate of drug-likeness (QED) is 0.544. The Morgan fingerprint density at radius 3 is 2.36 bits per heavy atom. The summed E-state index contributed by atoms with van der Waals surface area (Å²) in [5, 5.41) is 5.99. The maximum atomic E-state index is 12.2. The number of anilines is 1. The Kier molecular flexibility index (Phi) is 7.01. The highest BCUT2D eigenvalue weighted by atomic mass is 35.5. The molecule has 0 aromatic heterocycles. The molecule has 0 spiro atoms. The molecule has 0 radical (unpaired) electrons. The molecule has 1 saturated carbocycles. The first kappa shape index (κ1) is 20.3. The van der Waals surface area contributed by atoms with E-state index >= 15 is 0 Å². The Labute approximate surface area is 174 Å². The van der Waals surface area contributed by atoms with Gasteiger partial charge in [-0.1, -0.05) is 30.2 Å². The zero-order chi connectivity index (χ0) is 19.9. The van der Waals surface area contributed by atoms with Crippen LogP contribution in [0, 0.1) is 0 Å². The zero-order valence-corrected chi connectivity index (χ0v) is 16.8. The van der Waals surface area contributed by atoms with Crippen molar-refractivity contribution in [2.24, 2.45) is 0 Å². The summed E-state index contributed by atoms with van der Waals surface area (Å²) in [5.74, 6) is -0.705. The van der Waals surface area contributed by atoms with Gasteiger partial charge < -0.3 is 10.1 Å². The fourth-order valence-electron chi connectivity index (χ4n) is 3.07. The molecule has 7 heteroatoms. The Morgan fingerprint density at radius 2 is 1.68 bits per heavy atom. The third-order valence-electron chi connectivity index (χ3n) is 4.55. The minimum Gasteiger partial charge on any atom is -0.459 e. The van der Waals surface area contributed by atoms with E-state index in [0.29, 0.717) is 21.8 Å². The van der Waals surface area contributed by atoms with Crippen molar-refractivity contribution in [3.8, 4) is 0 Å². The lowest BCUT2D eigenvalue weighted by Gasteiger charge is -2.21. The number of esters is 1. The summed E-state index contributed by atoms with van der Waals surface area (Å²) >= 11 is 11.2. The number of nitrogens with one attached hydrogen (secondary N) is 2. The number of carbonyl (C=O) groups is 2. The maximum Gasteiger partial charge on any atom is 0.338 e. The highest BCUT2D eigenvalue weighted by Crippen LogP contribution is 2.22. The van der Waals surface area contributed by atoms with Crippen LogP contribution in [-0.4, -0.2) is 23.1 Å². The molecule has 1 amide bonds. The molecule has 0 unspecified atom stereocenters. The molecule has 1 aliphatic carbocycles. The van der Waals surface area contributed by atoms with Crippen molar-refractivity contribution in [2.75, 3.05) is 5.32 Å². The first-order valence-corrected chi connectivity index (χ1v) is 9.99. The Balaban J connectivity index is 1.53. The van der Waals surface area contributed by atoms with Crippen LogP contribution >= 0.6 is 23.8 Å².